The summed E-state index contributed by atoms with van der Waals surface area (Å²) in [4.78, 5) is 35.3. The lowest BCUT2D eigenvalue weighted by atomic mass is 9.85. The third-order valence-electron chi connectivity index (χ3n) is 9.20. The first kappa shape index (κ1) is 46.9. The lowest BCUT2D eigenvalue weighted by Gasteiger charge is -2.41. The molecule has 0 aromatic carbocycles. The molecule has 0 bridgehead atoms. The molecule has 0 saturated heterocycles. The molecule has 0 aliphatic heterocycles. The van der Waals surface area contributed by atoms with Crippen LogP contribution < -0.4 is 0 Å². The molecular formula is C36H69O13P. The molecule has 50 heavy (non-hydrogen) atoms. The van der Waals surface area contributed by atoms with Crippen LogP contribution in [-0.4, -0.2) is 98.3 Å². The van der Waals surface area contributed by atoms with E-state index in [1.807, 2.05) is 0 Å². The number of hydrogen-bond acceptors (Lipinski definition) is 12. The van der Waals surface area contributed by atoms with Crippen molar-refractivity contribution in [1.29, 1.82) is 0 Å². The zero-order valence-corrected chi connectivity index (χ0v) is 31.6. The van der Waals surface area contributed by atoms with E-state index in [0.29, 0.717) is 12.8 Å². The Morgan fingerprint density at radius 2 is 0.900 bits per heavy atom. The second kappa shape index (κ2) is 28.4. The first-order valence-corrected chi connectivity index (χ1v) is 20.8. The molecule has 1 saturated carbocycles. The van der Waals surface area contributed by atoms with Crippen molar-refractivity contribution in [1.82, 2.24) is 0 Å². The van der Waals surface area contributed by atoms with E-state index in [4.69, 9.17) is 18.5 Å². The molecule has 1 aliphatic rings. The van der Waals surface area contributed by atoms with Crippen LogP contribution in [0.3, 0.4) is 0 Å². The highest BCUT2D eigenvalue weighted by molar-refractivity contribution is 7.47. The zero-order valence-electron chi connectivity index (χ0n) is 30.7. The summed E-state index contributed by atoms with van der Waals surface area (Å²) in [7, 11) is -5.10. The number of hydrogen-bond donors (Lipinski definition) is 6. The van der Waals surface area contributed by atoms with Gasteiger partial charge in [-0.1, -0.05) is 136 Å². The van der Waals surface area contributed by atoms with Crippen LogP contribution in [0.1, 0.15) is 162 Å². The van der Waals surface area contributed by atoms with Crippen molar-refractivity contribution < 1.29 is 63.1 Å². The molecule has 6 N–H and O–H groups in total. The summed E-state index contributed by atoms with van der Waals surface area (Å²) < 4.78 is 33.2. The molecule has 13 nitrogen and oxygen atoms in total. The average molecular weight is 741 g/mol. The van der Waals surface area contributed by atoms with Gasteiger partial charge in [0, 0.05) is 12.8 Å². The second-order valence-electron chi connectivity index (χ2n) is 13.8. The third kappa shape index (κ3) is 21.4. The highest BCUT2D eigenvalue weighted by Crippen LogP contribution is 2.47. The lowest BCUT2D eigenvalue weighted by molar-refractivity contribution is -0.220. The van der Waals surface area contributed by atoms with E-state index in [9.17, 15) is 44.6 Å². The number of phosphoric acid groups is 1. The first-order valence-electron chi connectivity index (χ1n) is 19.3. The fourth-order valence-electron chi connectivity index (χ4n) is 5.99. The number of aliphatic hydroxyl groups is 5. The number of carbonyl (C=O) groups excluding carboxylic acids is 2. The fraction of sp³-hybridized carbons (Fsp3) is 0.944. The van der Waals surface area contributed by atoms with Crippen molar-refractivity contribution in [3.05, 3.63) is 0 Å². The van der Waals surface area contributed by atoms with Crippen LogP contribution in [0.5, 0.6) is 0 Å². The fourth-order valence-corrected chi connectivity index (χ4v) is 6.96. The Bertz CT molecular complexity index is 906. The van der Waals surface area contributed by atoms with E-state index >= 15 is 0 Å². The Morgan fingerprint density at radius 3 is 1.32 bits per heavy atom. The Balaban J connectivity index is 2.53. The Labute approximate surface area is 300 Å². The van der Waals surface area contributed by atoms with E-state index in [0.717, 1.165) is 38.5 Å². The number of rotatable bonds is 31. The maximum atomic E-state index is 12.7. The van der Waals surface area contributed by atoms with Gasteiger partial charge >= 0.3 is 19.8 Å². The zero-order chi connectivity index (χ0) is 37.2. The Kier molecular flexibility index (Phi) is 26.6. The molecule has 0 amide bonds. The summed E-state index contributed by atoms with van der Waals surface area (Å²) in [6.07, 6.45) is 10.5. The highest BCUT2D eigenvalue weighted by Gasteiger charge is 2.51. The van der Waals surface area contributed by atoms with Crippen LogP contribution in [0.4, 0.5) is 0 Å². The van der Waals surface area contributed by atoms with Gasteiger partial charge in [0.25, 0.3) is 0 Å². The van der Waals surface area contributed by atoms with Crippen LogP contribution in [0, 0.1) is 0 Å². The monoisotopic (exact) mass is 740 g/mol. The number of ether oxygens (including phenoxy) is 2. The number of esters is 2. The van der Waals surface area contributed by atoms with Crippen LogP contribution >= 0.6 is 7.82 Å². The predicted octanol–water partition coefficient (Wildman–Crippen LogP) is 5.77. The molecule has 1 fully saturated rings. The van der Waals surface area contributed by atoms with Crippen molar-refractivity contribution in [3.63, 3.8) is 0 Å². The minimum atomic E-state index is -5.10. The summed E-state index contributed by atoms with van der Waals surface area (Å²) in [6, 6.07) is 0. The molecule has 0 spiro atoms. The van der Waals surface area contributed by atoms with Gasteiger partial charge in [0.2, 0.25) is 0 Å². The normalized spacial score (nSPS) is 24.1. The minimum Gasteiger partial charge on any atom is -0.462 e. The van der Waals surface area contributed by atoms with Crippen LogP contribution in [-0.2, 0) is 32.7 Å². The number of phosphoric ester groups is 1. The molecule has 0 aromatic heterocycles. The molecule has 0 aromatic rings. The molecule has 1 rings (SSSR count). The second-order valence-corrected chi connectivity index (χ2v) is 15.2. The van der Waals surface area contributed by atoms with E-state index < -0.39 is 75.7 Å². The summed E-state index contributed by atoms with van der Waals surface area (Å²) in [5, 5.41) is 49.8. The molecular weight excluding hydrogens is 671 g/mol. The molecule has 6 unspecified atom stereocenters. The average Bonchev–Trinajstić information content (AvgIpc) is 3.09. The van der Waals surface area contributed by atoms with E-state index in [-0.39, 0.29) is 12.8 Å². The molecule has 0 heterocycles. The first-order chi connectivity index (χ1) is 23.9. The summed E-state index contributed by atoms with van der Waals surface area (Å²) >= 11 is 0. The smallest absolute Gasteiger partial charge is 0.462 e. The van der Waals surface area contributed by atoms with Crippen LogP contribution in [0.2, 0.25) is 0 Å². The maximum Gasteiger partial charge on any atom is 0.472 e. The minimum absolute atomic E-state index is 0.103. The standard InChI is InChI=1S/C36H69O13P/c1-3-5-7-9-11-13-14-15-16-17-19-21-23-25-30(38)48-28(26-46-29(37)24-22-20-18-12-10-8-6-4-2)27-47-50(44,45)49-36-34(42)32(40)31(39)33(41)35(36)43/h28,31-36,39-43H,3-27H2,1-2H3,(H,44,45). The summed E-state index contributed by atoms with van der Waals surface area (Å²) in [5.41, 5.74) is 0. The maximum absolute atomic E-state index is 12.7. The largest absolute Gasteiger partial charge is 0.472 e. The van der Waals surface area contributed by atoms with Crippen molar-refractivity contribution >= 4 is 19.8 Å². The van der Waals surface area contributed by atoms with Crippen molar-refractivity contribution in [2.75, 3.05) is 13.2 Å². The molecule has 6 atom stereocenters. The molecule has 0 radical (unpaired) electrons. The number of carbonyl (C=O) groups is 2. The van der Waals surface area contributed by atoms with Crippen LogP contribution in [0.25, 0.3) is 0 Å². The van der Waals surface area contributed by atoms with Gasteiger partial charge in [-0.25, -0.2) is 4.57 Å². The molecule has 296 valence electrons. The highest BCUT2D eigenvalue weighted by atomic mass is 31.2. The third-order valence-corrected chi connectivity index (χ3v) is 10.2. The van der Waals surface area contributed by atoms with Gasteiger partial charge in [-0.05, 0) is 12.8 Å². The van der Waals surface area contributed by atoms with Gasteiger partial charge in [-0.3, -0.25) is 18.6 Å². The van der Waals surface area contributed by atoms with E-state index in [1.165, 1.54) is 83.5 Å². The summed E-state index contributed by atoms with van der Waals surface area (Å²) in [6.45, 7) is 3.23. The van der Waals surface area contributed by atoms with Gasteiger partial charge < -0.3 is 39.9 Å². The quantitative estimate of drug-likeness (QED) is 0.0284. The van der Waals surface area contributed by atoms with Crippen molar-refractivity contribution in [3.8, 4) is 0 Å². The van der Waals surface area contributed by atoms with Gasteiger partial charge in [-0.2, -0.15) is 0 Å². The van der Waals surface area contributed by atoms with Crippen molar-refractivity contribution in [2.24, 2.45) is 0 Å². The van der Waals surface area contributed by atoms with Crippen LogP contribution in [0.15, 0.2) is 0 Å². The Morgan fingerprint density at radius 1 is 0.540 bits per heavy atom. The lowest BCUT2D eigenvalue weighted by Crippen LogP contribution is -2.64. The van der Waals surface area contributed by atoms with Crippen molar-refractivity contribution in [2.45, 2.75) is 204 Å². The van der Waals surface area contributed by atoms with Gasteiger partial charge in [0.1, 0.15) is 43.2 Å². The number of unbranched alkanes of at least 4 members (excludes halogenated alkanes) is 19. The predicted molar refractivity (Wildman–Crippen MR) is 189 cm³/mol. The van der Waals surface area contributed by atoms with Gasteiger partial charge in [-0.15, -0.1) is 0 Å². The molecule has 1 aliphatic carbocycles. The number of aliphatic hydroxyl groups excluding tert-OH is 5. The van der Waals surface area contributed by atoms with E-state index in [1.54, 1.807) is 0 Å². The SMILES string of the molecule is CCCCCCCCCCCCCCCC(=O)OC(COC(=O)CCCCCCCCCC)COP(=O)(O)OC1C(O)C(O)C(O)C(O)C1O. The Hall–Kier alpha value is -1.15. The van der Waals surface area contributed by atoms with E-state index in [2.05, 4.69) is 13.8 Å². The van der Waals surface area contributed by atoms with Gasteiger partial charge in [0.05, 0.1) is 6.61 Å². The topological polar surface area (TPSA) is 210 Å². The van der Waals surface area contributed by atoms with Gasteiger partial charge in [0.15, 0.2) is 6.10 Å². The summed E-state index contributed by atoms with van der Waals surface area (Å²) in [5.74, 6) is -1.10. The molecule has 14 heteroatoms.